The normalized spacial score (nSPS) is 20.5. The summed E-state index contributed by atoms with van der Waals surface area (Å²) >= 11 is 0. The largest absolute Gasteiger partial charge is 0.214 e. The molecule has 0 bridgehead atoms. The SMILES string of the molecule is CCS(=O)(=O)N1CC=CCC1. The molecule has 0 radical (unpaired) electrons. The molecule has 0 saturated heterocycles. The molecular weight excluding hydrogens is 162 g/mol. The van der Waals surface area contributed by atoms with E-state index in [1.165, 1.54) is 4.31 Å². The minimum absolute atomic E-state index is 0.209. The zero-order valence-corrected chi connectivity index (χ0v) is 7.47. The van der Waals surface area contributed by atoms with Crippen molar-refractivity contribution in [1.82, 2.24) is 4.31 Å². The Morgan fingerprint density at radius 3 is 2.64 bits per heavy atom. The van der Waals surface area contributed by atoms with E-state index in [1.54, 1.807) is 6.92 Å². The Morgan fingerprint density at radius 1 is 1.45 bits per heavy atom. The van der Waals surface area contributed by atoms with Gasteiger partial charge in [-0.1, -0.05) is 12.2 Å². The van der Waals surface area contributed by atoms with Gasteiger partial charge in [-0.15, -0.1) is 0 Å². The van der Waals surface area contributed by atoms with Gasteiger partial charge in [-0.2, -0.15) is 4.31 Å². The average molecular weight is 175 g/mol. The summed E-state index contributed by atoms with van der Waals surface area (Å²) in [5.41, 5.74) is 0. The second-order valence-corrected chi connectivity index (χ2v) is 4.78. The first-order valence-electron chi connectivity index (χ1n) is 3.79. The predicted molar refractivity (Wildman–Crippen MR) is 44.8 cm³/mol. The summed E-state index contributed by atoms with van der Waals surface area (Å²) in [6.45, 7) is 2.87. The van der Waals surface area contributed by atoms with Gasteiger partial charge in [-0.25, -0.2) is 8.42 Å². The molecule has 11 heavy (non-hydrogen) atoms. The monoisotopic (exact) mass is 175 g/mol. The molecule has 64 valence electrons. The van der Waals surface area contributed by atoms with Crippen LogP contribution in [0.2, 0.25) is 0 Å². The molecule has 0 atom stereocenters. The predicted octanol–water partition coefficient (Wildman–Crippen LogP) is 0.598. The van der Waals surface area contributed by atoms with Gasteiger partial charge in [0.15, 0.2) is 0 Å². The summed E-state index contributed by atoms with van der Waals surface area (Å²) in [6, 6.07) is 0. The highest BCUT2D eigenvalue weighted by molar-refractivity contribution is 7.89. The van der Waals surface area contributed by atoms with E-state index in [0.717, 1.165) is 6.42 Å². The van der Waals surface area contributed by atoms with Crippen LogP contribution in [0.1, 0.15) is 13.3 Å². The van der Waals surface area contributed by atoms with Gasteiger partial charge < -0.3 is 0 Å². The van der Waals surface area contributed by atoms with Crippen molar-refractivity contribution < 1.29 is 8.42 Å². The van der Waals surface area contributed by atoms with Gasteiger partial charge >= 0.3 is 0 Å². The molecule has 0 unspecified atom stereocenters. The van der Waals surface area contributed by atoms with Gasteiger partial charge in [-0.05, 0) is 13.3 Å². The number of hydrogen-bond donors (Lipinski definition) is 0. The molecule has 0 aliphatic carbocycles. The van der Waals surface area contributed by atoms with Gasteiger partial charge in [0, 0.05) is 13.1 Å². The molecule has 0 aromatic rings. The summed E-state index contributed by atoms with van der Waals surface area (Å²) < 4.78 is 24.0. The van der Waals surface area contributed by atoms with Crippen LogP contribution in [-0.4, -0.2) is 31.6 Å². The standard InChI is InChI=1S/C7H13NO2S/c1-2-11(9,10)8-6-4-3-5-7-8/h3-4H,2,5-7H2,1H3. The molecule has 0 aromatic carbocycles. The highest BCUT2D eigenvalue weighted by Gasteiger charge is 2.18. The van der Waals surface area contributed by atoms with E-state index in [1.807, 2.05) is 12.2 Å². The minimum Gasteiger partial charge on any atom is -0.212 e. The second kappa shape index (κ2) is 3.36. The molecule has 1 heterocycles. The Hall–Kier alpha value is -0.350. The van der Waals surface area contributed by atoms with Crippen LogP contribution in [0.5, 0.6) is 0 Å². The second-order valence-electron chi connectivity index (χ2n) is 2.52. The number of hydrogen-bond acceptors (Lipinski definition) is 2. The third-order valence-electron chi connectivity index (χ3n) is 1.78. The Morgan fingerprint density at radius 2 is 2.18 bits per heavy atom. The van der Waals surface area contributed by atoms with Crippen LogP contribution in [0.25, 0.3) is 0 Å². The molecule has 0 spiro atoms. The third kappa shape index (κ3) is 2.04. The van der Waals surface area contributed by atoms with Crippen molar-refractivity contribution in [2.75, 3.05) is 18.8 Å². The van der Waals surface area contributed by atoms with E-state index in [2.05, 4.69) is 0 Å². The fourth-order valence-corrected chi connectivity index (χ4v) is 2.12. The lowest BCUT2D eigenvalue weighted by atomic mass is 10.3. The van der Waals surface area contributed by atoms with E-state index >= 15 is 0 Å². The zero-order valence-electron chi connectivity index (χ0n) is 6.66. The summed E-state index contributed by atoms with van der Waals surface area (Å²) in [6.07, 6.45) is 4.76. The van der Waals surface area contributed by atoms with Crippen LogP contribution in [0, 0.1) is 0 Å². The summed E-state index contributed by atoms with van der Waals surface area (Å²) in [7, 11) is -2.94. The number of nitrogens with zero attached hydrogens (tertiary/aromatic N) is 1. The maximum Gasteiger partial charge on any atom is 0.214 e. The maximum absolute atomic E-state index is 11.2. The van der Waals surface area contributed by atoms with Crippen LogP contribution < -0.4 is 0 Å². The van der Waals surface area contributed by atoms with Crippen molar-refractivity contribution in [2.24, 2.45) is 0 Å². The smallest absolute Gasteiger partial charge is 0.212 e. The zero-order chi connectivity index (χ0) is 8.32. The Bertz CT molecular complexity index is 243. The summed E-state index contributed by atoms with van der Waals surface area (Å²) in [5.74, 6) is 0.209. The van der Waals surface area contributed by atoms with Crippen LogP contribution in [0.15, 0.2) is 12.2 Å². The first-order chi connectivity index (χ1) is 5.17. The highest BCUT2D eigenvalue weighted by Crippen LogP contribution is 2.07. The molecule has 0 fully saturated rings. The molecule has 1 aliphatic heterocycles. The van der Waals surface area contributed by atoms with E-state index < -0.39 is 10.0 Å². The van der Waals surface area contributed by atoms with Crippen LogP contribution in [0.4, 0.5) is 0 Å². The van der Waals surface area contributed by atoms with Gasteiger partial charge in [0.25, 0.3) is 0 Å². The van der Waals surface area contributed by atoms with Gasteiger partial charge in [0.05, 0.1) is 5.75 Å². The first-order valence-corrected chi connectivity index (χ1v) is 5.40. The fraction of sp³-hybridized carbons (Fsp3) is 0.714. The molecule has 3 nitrogen and oxygen atoms in total. The molecule has 1 rings (SSSR count). The molecule has 0 amide bonds. The van der Waals surface area contributed by atoms with Crippen molar-refractivity contribution in [2.45, 2.75) is 13.3 Å². The summed E-state index contributed by atoms with van der Waals surface area (Å²) in [5, 5.41) is 0. The molecule has 0 aromatic heterocycles. The van der Waals surface area contributed by atoms with Crippen molar-refractivity contribution in [3.8, 4) is 0 Å². The Kier molecular flexibility index (Phi) is 2.67. The van der Waals surface area contributed by atoms with Gasteiger partial charge in [0.1, 0.15) is 0 Å². The third-order valence-corrected chi connectivity index (χ3v) is 3.63. The van der Waals surface area contributed by atoms with Crippen molar-refractivity contribution in [3.63, 3.8) is 0 Å². The van der Waals surface area contributed by atoms with Crippen molar-refractivity contribution in [1.29, 1.82) is 0 Å². The number of rotatable bonds is 2. The lowest BCUT2D eigenvalue weighted by molar-refractivity contribution is 0.438. The van der Waals surface area contributed by atoms with Crippen molar-refractivity contribution >= 4 is 10.0 Å². The van der Waals surface area contributed by atoms with E-state index in [0.29, 0.717) is 13.1 Å². The van der Waals surface area contributed by atoms with E-state index in [4.69, 9.17) is 0 Å². The quantitative estimate of drug-likeness (QED) is 0.576. The van der Waals surface area contributed by atoms with Crippen molar-refractivity contribution in [3.05, 3.63) is 12.2 Å². The molecule has 1 aliphatic rings. The summed E-state index contributed by atoms with van der Waals surface area (Å²) in [4.78, 5) is 0. The number of sulfonamides is 1. The van der Waals surface area contributed by atoms with E-state index in [-0.39, 0.29) is 5.75 Å². The lowest BCUT2D eigenvalue weighted by Crippen LogP contribution is -2.34. The van der Waals surface area contributed by atoms with Crippen LogP contribution >= 0.6 is 0 Å². The molecule has 4 heteroatoms. The Balaban J connectivity index is 2.68. The van der Waals surface area contributed by atoms with Gasteiger partial charge in [-0.3, -0.25) is 0 Å². The molecule has 0 N–H and O–H groups in total. The van der Waals surface area contributed by atoms with Crippen LogP contribution in [0.3, 0.4) is 0 Å². The van der Waals surface area contributed by atoms with E-state index in [9.17, 15) is 8.42 Å². The topological polar surface area (TPSA) is 37.4 Å². The maximum atomic E-state index is 11.2. The lowest BCUT2D eigenvalue weighted by Gasteiger charge is -2.21. The highest BCUT2D eigenvalue weighted by atomic mass is 32.2. The molecular formula is C7H13NO2S. The average Bonchev–Trinajstić information content (AvgIpc) is 2.06. The minimum atomic E-state index is -2.94. The van der Waals surface area contributed by atoms with Crippen LogP contribution in [-0.2, 0) is 10.0 Å². The first kappa shape index (κ1) is 8.74. The Labute approximate surface area is 67.8 Å². The fourth-order valence-electron chi connectivity index (χ4n) is 1.05. The van der Waals surface area contributed by atoms with Gasteiger partial charge in [0.2, 0.25) is 10.0 Å². The molecule has 0 saturated carbocycles.